The predicted octanol–water partition coefficient (Wildman–Crippen LogP) is 3.51. The minimum Gasteiger partial charge on any atom is -0.456 e. The molecule has 4 heteroatoms. The Morgan fingerprint density at radius 1 is 1.05 bits per heavy atom. The molecule has 0 atom stereocenters. The molecule has 0 fully saturated rings. The highest BCUT2D eigenvalue weighted by atomic mass is 16.5. The fourth-order valence-electron chi connectivity index (χ4n) is 2.13. The van der Waals surface area contributed by atoms with Gasteiger partial charge in [0.05, 0.1) is 11.3 Å². The van der Waals surface area contributed by atoms with Gasteiger partial charge in [0.15, 0.2) is 0 Å². The molecule has 0 spiro atoms. The third-order valence-corrected chi connectivity index (χ3v) is 3.25. The zero-order chi connectivity index (χ0) is 15.0. The standard InChI is InChI=1S/C17H14O4/c1-10(2)17(19)21-14-9-5-8-13-15(14)16(18)11-6-3-4-7-12(11)20-13/h3-10H,1-2H3. The normalized spacial score (nSPS) is 11.2. The van der Waals surface area contributed by atoms with Gasteiger partial charge in [-0.25, -0.2) is 0 Å². The highest BCUT2D eigenvalue weighted by molar-refractivity contribution is 5.94. The quantitative estimate of drug-likeness (QED) is 0.410. The van der Waals surface area contributed by atoms with Crippen LogP contribution in [0.1, 0.15) is 13.8 Å². The van der Waals surface area contributed by atoms with Gasteiger partial charge in [0.1, 0.15) is 22.3 Å². The van der Waals surface area contributed by atoms with E-state index in [1.54, 1.807) is 56.3 Å². The van der Waals surface area contributed by atoms with Crippen LogP contribution in [0.3, 0.4) is 0 Å². The van der Waals surface area contributed by atoms with Gasteiger partial charge in [-0.05, 0) is 24.3 Å². The van der Waals surface area contributed by atoms with Crippen LogP contribution in [0, 0.1) is 5.92 Å². The van der Waals surface area contributed by atoms with Crippen LogP contribution in [0.2, 0.25) is 0 Å². The Bertz CT molecular complexity index is 890. The smallest absolute Gasteiger partial charge is 0.313 e. The summed E-state index contributed by atoms with van der Waals surface area (Å²) >= 11 is 0. The van der Waals surface area contributed by atoms with Gasteiger partial charge in [-0.2, -0.15) is 0 Å². The van der Waals surface area contributed by atoms with Crippen LogP contribution in [0.15, 0.2) is 51.7 Å². The topological polar surface area (TPSA) is 56.5 Å². The van der Waals surface area contributed by atoms with E-state index in [0.717, 1.165) is 0 Å². The van der Waals surface area contributed by atoms with Crippen molar-refractivity contribution in [1.29, 1.82) is 0 Å². The van der Waals surface area contributed by atoms with Crippen molar-refractivity contribution in [2.45, 2.75) is 13.8 Å². The Balaban J connectivity index is 2.29. The Hall–Kier alpha value is -2.62. The summed E-state index contributed by atoms with van der Waals surface area (Å²) in [7, 11) is 0. The van der Waals surface area contributed by atoms with Gasteiger partial charge in [0.2, 0.25) is 5.43 Å². The second kappa shape index (κ2) is 5.05. The van der Waals surface area contributed by atoms with Crippen LogP contribution in [0.5, 0.6) is 5.75 Å². The number of carbonyl (C=O) groups is 1. The Morgan fingerprint density at radius 2 is 1.76 bits per heavy atom. The van der Waals surface area contributed by atoms with Crippen LogP contribution in [-0.4, -0.2) is 5.97 Å². The number of esters is 1. The van der Waals surface area contributed by atoms with E-state index in [-0.39, 0.29) is 23.1 Å². The van der Waals surface area contributed by atoms with E-state index < -0.39 is 0 Å². The van der Waals surface area contributed by atoms with Crippen molar-refractivity contribution < 1.29 is 13.9 Å². The van der Waals surface area contributed by atoms with Crippen molar-refractivity contribution in [2.75, 3.05) is 0 Å². The Labute approximate surface area is 120 Å². The number of carbonyl (C=O) groups excluding carboxylic acids is 1. The van der Waals surface area contributed by atoms with Crippen LogP contribution < -0.4 is 10.2 Å². The van der Waals surface area contributed by atoms with E-state index in [1.165, 1.54) is 0 Å². The number of benzene rings is 2. The average molecular weight is 282 g/mol. The molecule has 3 aromatic rings. The summed E-state index contributed by atoms with van der Waals surface area (Å²) in [5.41, 5.74) is 0.731. The molecule has 0 saturated heterocycles. The van der Waals surface area contributed by atoms with Crippen LogP contribution >= 0.6 is 0 Å². The van der Waals surface area contributed by atoms with Gasteiger partial charge < -0.3 is 9.15 Å². The molecule has 0 saturated carbocycles. The van der Waals surface area contributed by atoms with Gasteiger partial charge in [0.25, 0.3) is 0 Å². The van der Waals surface area contributed by atoms with Crippen LogP contribution in [0.25, 0.3) is 21.9 Å². The zero-order valence-corrected chi connectivity index (χ0v) is 11.8. The molecule has 1 aromatic heterocycles. The number of hydrogen-bond donors (Lipinski definition) is 0. The molecule has 0 bridgehead atoms. The predicted molar refractivity (Wildman–Crippen MR) is 80.5 cm³/mol. The molecule has 106 valence electrons. The average Bonchev–Trinajstić information content (AvgIpc) is 2.47. The molecule has 1 heterocycles. The van der Waals surface area contributed by atoms with Crippen LogP contribution in [-0.2, 0) is 4.79 Å². The molecule has 0 aliphatic heterocycles. The van der Waals surface area contributed by atoms with Crippen molar-refractivity contribution in [1.82, 2.24) is 0 Å². The first kappa shape index (κ1) is 13.4. The second-order valence-corrected chi connectivity index (χ2v) is 5.13. The Morgan fingerprint density at radius 3 is 2.52 bits per heavy atom. The van der Waals surface area contributed by atoms with Crippen molar-refractivity contribution in [3.05, 3.63) is 52.7 Å². The lowest BCUT2D eigenvalue weighted by molar-refractivity contribution is -0.137. The fraction of sp³-hybridized carbons (Fsp3) is 0.176. The molecule has 0 aliphatic carbocycles. The molecule has 0 N–H and O–H groups in total. The first-order valence-electron chi connectivity index (χ1n) is 6.74. The molecule has 0 radical (unpaired) electrons. The minimum atomic E-state index is -0.380. The van der Waals surface area contributed by atoms with E-state index in [9.17, 15) is 9.59 Å². The fourth-order valence-corrected chi connectivity index (χ4v) is 2.13. The maximum atomic E-state index is 12.6. The molecular formula is C17H14O4. The maximum Gasteiger partial charge on any atom is 0.313 e. The molecule has 21 heavy (non-hydrogen) atoms. The Kier molecular flexibility index (Phi) is 3.22. The van der Waals surface area contributed by atoms with Gasteiger partial charge in [0, 0.05) is 0 Å². The van der Waals surface area contributed by atoms with Gasteiger partial charge in [-0.3, -0.25) is 9.59 Å². The molecule has 3 rings (SSSR count). The summed E-state index contributed by atoms with van der Waals surface area (Å²) in [5.74, 6) is -0.409. The summed E-state index contributed by atoms with van der Waals surface area (Å²) in [6.45, 7) is 3.48. The molecule has 0 amide bonds. The second-order valence-electron chi connectivity index (χ2n) is 5.13. The SMILES string of the molecule is CC(C)C(=O)Oc1cccc2oc3ccccc3c(=O)c12. The van der Waals surface area contributed by atoms with E-state index in [0.29, 0.717) is 21.9 Å². The summed E-state index contributed by atoms with van der Waals surface area (Å²) < 4.78 is 11.0. The zero-order valence-electron chi connectivity index (χ0n) is 11.8. The number of fused-ring (bicyclic) bond motifs is 2. The summed E-state index contributed by atoms with van der Waals surface area (Å²) in [5, 5.41) is 0.767. The summed E-state index contributed by atoms with van der Waals surface area (Å²) in [6, 6.07) is 12.0. The third kappa shape index (κ3) is 2.29. The van der Waals surface area contributed by atoms with Crippen molar-refractivity contribution in [2.24, 2.45) is 5.92 Å². The number of rotatable bonds is 2. The lowest BCUT2D eigenvalue weighted by Crippen LogP contribution is -2.16. The van der Waals surface area contributed by atoms with Gasteiger partial charge in [-0.15, -0.1) is 0 Å². The van der Waals surface area contributed by atoms with E-state index in [1.807, 2.05) is 0 Å². The van der Waals surface area contributed by atoms with Crippen molar-refractivity contribution >= 4 is 27.9 Å². The molecule has 0 aliphatic rings. The van der Waals surface area contributed by atoms with Gasteiger partial charge >= 0.3 is 5.97 Å². The maximum absolute atomic E-state index is 12.6. The van der Waals surface area contributed by atoms with Crippen molar-refractivity contribution in [3.63, 3.8) is 0 Å². The number of para-hydroxylation sites is 1. The monoisotopic (exact) mass is 282 g/mol. The van der Waals surface area contributed by atoms with Crippen molar-refractivity contribution in [3.8, 4) is 5.75 Å². The third-order valence-electron chi connectivity index (χ3n) is 3.25. The first-order chi connectivity index (χ1) is 10.1. The largest absolute Gasteiger partial charge is 0.456 e. The number of hydrogen-bond acceptors (Lipinski definition) is 4. The molecular weight excluding hydrogens is 268 g/mol. The van der Waals surface area contributed by atoms with Gasteiger partial charge in [-0.1, -0.05) is 32.0 Å². The summed E-state index contributed by atoms with van der Waals surface area (Å²) in [6.07, 6.45) is 0. The molecule has 2 aromatic carbocycles. The first-order valence-corrected chi connectivity index (χ1v) is 6.74. The lowest BCUT2D eigenvalue weighted by atomic mass is 10.1. The summed E-state index contributed by atoms with van der Waals surface area (Å²) in [4.78, 5) is 24.4. The molecule has 0 unspecified atom stereocenters. The minimum absolute atomic E-state index is 0.195. The van der Waals surface area contributed by atoms with E-state index in [2.05, 4.69) is 0 Å². The van der Waals surface area contributed by atoms with E-state index in [4.69, 9.17) is 9.15 Å². The van der Waals surface area contributed by atoms with E-state index >= 15 is 0 Å². The highest BCUT2D eigenvalue weighted by Crippen LogP contribution is 2.26. The number of ether oxygens (including phenoxy) is 1. The highest BCUT2D eigenvalue weighted by Gasteiger charge is 2.16. The lowest BCUT2D eigenvalue weighted by Gasteiger charge is -2.09. The molecule has 4 nitrogen and oxygen atoms in total. The van der Waals surface area contributed by atoms with Crippen LogP contribution in [0.4, 0.5) is 0 Å².